The van der Waals surface area contributed by atoms with E-state index in [1.807, 2.05) is 18.7 Å². The molecule has 1 amide bonds. The molecule has 0 aromatic carbocycles. The highest BCUT2D eigenvalue weighted by Crippen LogP contribution is 2.32. The van der Waals surface area contributed by atoms with Crippen molar-refractivity contribution in [2.24, 2.45) is 5.92 Å². The van der Waals surface area contributed by atoms with Gasteiger partial charge in [0.25, 0.3) is 5.56 Å². The summed E-state index contributed by atoms with van der Waals surface area (Å²) in [5.74, 6) is 1.23. The summed E-state index contributed by atoms with van der Waals surface area (Å²) in [6, 6.07) is 0.235. The van der Waals surface area contributed by atoms with Crippen LogP contribution in [0.15, 0.2) is 4.79 Å². The summed E-state index contributed by atoms with van der Waals surface area (Å²) >= 11 is 0. The number of rotatable bonds is 6. The van der Waals surface area contributed by atoms with Crippen molar-refractivity contribution < 1.29 is 9.53 Å². The van der Waals surface area contributed by atoms with Crippen LogP contribution in [-0.2, 0) is 16.0 Å². The molecule has 1 unspecified atom stereocenters. The summed E-state index contributed by atoms with van der Waals surface area (Å²) < 4.78 is 5.32. The summed E-state index contributed by atoms with van der Waals surface area (Å²) in [7, 11) is 0. The maximum Gasteiger partial charge on any atom is 0.255 e. The number of nitrogens with zero attached hydrogens (tertiary/aromatic N) is 2. The zero-order valence-corrected chi connectivity index (χ0v) is 14.4. The predicted octanol–water partition coefficient (Wildman–Crippen LogP) is 0.762. The molecule has 132 valence electrons. The molecule has 0 spiro atoms. The van der Waals surface area contributed by atoms with Crippen LogP contribution in [0.25, 0.3) is 0 Å². The molecule has 2 N–H and O–H groups in total. The minimum Gasteiger partial charge on any atom is -0.378 e. The molecular formula is C17H26N4O3. The maximum absolute atomic E-state index is 12.4. The van der Waals surface area contributed by atoms with Gasteiger partial charge in [0.1, 0.15) is 0 Å². The van der Waals surface area contributed by atoms with Gasteiger partial charge in [-0.3, -0.25) is 14.6 Å². The van der Waals surface area contributed by atoms with Crippen molar-refractivity contribution in [2.75, 3.05) is 31.2 Å². The number of anilines is 1. The molecule has 7 nitrogen and oxygen atoms in total. The first-order valence-electron chi connectivity index (χ1n) is 8.76. The second kappa shape index (κ2) is 7.34. The number of carbonyl (C=O) groups is 1. The molecule has 0 bridgehead atoms. The molecular weight excluding hydrogens is 308 g/mol. The Morgan fingerprint density at radius 3 is 2.75 bits per heavy atom. The molecule has 1 aliphatic heterocycles. The predicted molar refractivity (Wildman–Crippen MR) is 91.3 cm³/mol. The van der Waals surface area contributed by atoms with Crippen LogP contribution in [0.2, 0.25) is 0 Å². The Kier molecular flexibility index (Phi) is 5.18. The van der Waals surface area contributed by atoms with Gasteiger partial charge in [0.15, 0.2) is 0 Å². The SMILES string of the molecule is Cc1nc(N2CCOCC2)[nH]c(=O)c1CCC(=O)NC(C)C1CC1. The summed E-state index contributed by atoms with van der Waals surface area (Å²) in [5.41, 5.74) is 1.15. The van der Waals surface area contributed by atoms with E-state index in [0.29, 0.717) is 49.2 Å². The van der Waals surface area contributed by atoms with Gasteiger partial charge in [0.2, 0.25) is 11.9 Å². The minimum absolute atomic E-state index is 0.00505. The Balaban J connectivity index is 1.60. The summed E-state index contributed by atoms with van der Waals surface area (Å²) in [6.07, 6.45) is 3.14. The number of aromatic nitrogens is 2. The molecule has 7 heteroatoms. The third-order valence-corrected chi connectivity index (χ3v) is 4.84. The van der Waals surface area contributed by atoms with Crippen LogP contribution in [0.1, 0.15) is 37.4 Å². The van der Waals surface area contributed by atoms with Gasteiger partial charge in [-0.05, 0) is 39.0 Å². The monoisotopic (exact) mass is 334 g/mol. The second-order valence-corrected chi connectivity index (χ2v) is 6.75. The van der Waals surface area contributed by atoms with Crippen molar-refractivity contribution >= 4 is 11.9 Å². The topological polar surface area (TPSA) is 87.3 Å². The van der Waals surface area contributed by atoms with Crippen LogP contribution in [0, 0.1) is 12.8 Å². The number of amides is 1. The van der Waals surface area contributed by atoms with Gasteiger partial charge in [0.05, 0.1) is 13.2 Å². The number of aryl methyl sites for hydroxylation is 1. The van der Waals surface area contributed by atoms with E-state index >= 15 is 0 Å². The van der Waals surface area contributed by atoms with Gasteiger partial charge in [-0.15, -0.1) is 0 Å². The van der Waals surface area contributed by atoms with Crippen LogP contribution in [-0.4, -0.2) is 48.2 Å². The van der Waals surface area contributed by atoms with Gasteiger partial charge in [-0.2, -0.15) is 0 Å². The van der Waals surface area contributed by atoms with E-state index < -0.39 is 0 Å². The van der Waals surface area contributed by atoms with Crippen molar-refractivity contribution in [1.82, 2.24) is 15.3 Å². The molecule has 1 saturated heterocycles. The Labute approximate surface area is 141 Å². The molecule has 1 aliphatic carbocycles. The molecule has 2 aliphatic rings. The minimum atomic E-state index is -0.146. The van der Waals surface area contributed by atoms with E-state index in [2.05, 4.69) is 15.3 Å². The number of H-pyrrole nitrogens is 1. The highest BCUT2D eigenvalue weighted by atomic mass is 16.5. The second-order valence-electron chi connectivity index (χ2n) is 6.75. The Morgan fingerprint density at radius 1 is 1.42 bits per heavy atom. The third-order valence-electron chi connectivity index (χ3n) is 4.84. The normalized spacial score (nSPS) is 19.2. The number of ether oxygens (including phenoxy) is 1. The fourth-order valence-corrected chi connectivity index (χ4v) is 3.09. The van der Waals surface area contributed by atoms with E-state index in [1.54, 1.807) is 0 Å². The molecule has 0 radical (unpaired) electrons. The zero-order valence-electron chi connectivity index (χ0n) is 14.4. The number of aromatic amines is 1. The van der Waals surface area contributed by atoms with Crippen molar-refractivity contribution in [3.63, 3.8) is 0 Å². The highest BCUT2D eigenvalue weighted by molar-refractivity contribution is 5.76. The lowest BCUT2D eigenvalue weighted by atomic mass is 10.1. The van der Waals surface area contributed by atoms with E-state index in [-0.39, 0.29) is 17.5 Å². The molecule has 24 heavy (non-hydrogen) atoms. The smallest absolute Gasteiger partial charge is 0.255 e. The molecule has 2 fully saturated rings. The van der Waals surface area contributed by atoms with Crippen LogP contribution >= 0.6 is 0 Å². The molecule has 1 aromatic rings. The number of carbonyl (C=O) groups excluding carboxylic acids is 1. The summed E-state index contributed by atoms with van der Waals surface area (Å²) in [6.45, 7) is 6.62. The van der Waals surface area contributed by atoms with Gasteiger partial charge in [-0.25, -0.2) is 4.98 Å². The van der Waals surface area contributed by atoms with Crippen molar-refractivity contribution in [2.45, 2.75) is 45.6 Å². The first kappa shape index (κ1) is 17.0. The maximum atomic E-state index is 12.4. The number of hydrogen-bond donors (Lipinski definition) is 2. The van der Waals surface area contributed by atoms with Crippen LogP contribution < -0.4 is 15.8 Å². The van der Waals surface area contributed by atoms with Gasteiger partial charge in [0, 0.05) is 36.8 Å². The van der Waals surface area contributed by atoms with Crippen molar-refractivity contribution in [3.8, 4) is 0 Å². The number of morpholine rings is 1. The summed E-state index contributed by atoms with van der Waals surface area (Å²) in [4.78, 5) is 33.8. The molecule has 1 atom stereocenters. The fourth-order valence-electron chi connectivity index (χ4n) is 3.09. The third kappa shape index (κ3) is 4.14. The molecule has 1 aromatic heterocycles. The number of hydrogen-bond acceptors (Lipinski definition) is 5. The Bertz CT molecular complexity index is 648. The van der Waals surface area contributed by atoms with Crippen LogP contribution in [0.4, 0.5) is 5.95 Å². The van der Waals surface area contributed by atoms with Crippen LogP contribution in [0.3, 0.4) is 0 Å². The largest absolute Gasteiger partial charge is 0.378 e. The van der Waals surface area contributed by atoms with Crippen molar-refractivity contribution in [3.05, 3.63) is 21.6 Å². The average Bonchev–Trinajstić information content (AvgIpc) is 3.39. The lowest BCUT2D eigenvalue weighted by molar-refractivity contribution is -0.121. The van der Waals surface area contributed by atoms with Gasteiger partial charge in [-0.1, -0.05) is 0 Å². The van der Waals surface area contributed by atoms with E-state index in [9.17, 15) is 9.59 Å². The van der Waals surface area contributed by atoms with E-state index in [0.717, 1.165) is 13.1 Å². The number of nitrogens with one attached hydrogen (secondary N) is 2. The standard InChI is InChI=1S/C17H26N4O3/c1-11(13-3-4-13)18-15(22)6-5-14-12(2)19-17(20-16(14)23)21-7-9-24-10-8-21/h11,13H,3-10H2,1-2H3,(H,18,22)(H,19,20,23). The zero-order chi connectivity index (χ0) is 17.1. The lowest BCUT2D eigenvalue weighted by Gasteiger charge is -2.27. The summed E-state index contributed by atoms with van der Waals surface area (Å²) in [5, 5.41) is 3.02. The lowest BCUT2D eigenvalue weighted by Crippen LogP contribution is -2.39. The first-order valence-corrected chi connectivity index (χ1v) is 8.76. The van der Waals surface area contributed by atoms with Gasteiger partial charge >= 0.3 is 0 Å². The quantitative estimate of drug-likeness (QED) is 0.802. The molecule has 2 heterocycles. The average molecular weight is 334 g/mol. The van der Waals surface area contributed by atoms with E-state index in [1.165, 1.54) is 12.8 Å². The molecule has 1 saturated carbocycles. The van der Waals surface area contributed by atoms with Crippen LogP contribution in [0.5, 0.6) is 0 Å². The van der Waals surface area contributed by atoms with Crippen molar-refractivity contribution in [1.29, 1.82) is 0 Å². The highest BCUT2D eigenvalue weighted by Gasteiger charge is 2.28. The Hall–Kier alpha value is -1.89. The molecule has 3 rings (SSSR count). The Morgan fingerprint density at radius 2 is 2.12 bits per heavy atom. The van der Waals surface area contributed by atoms with Gasteiger partial charge < -0.3 is 15.0 Å². The van der Waals surface area contributed by atoms with E-state index in [4.69, 9.17) is 4.74 Å². The fraction of sp³-hybridized carbons (Fsp3) is 0.706. The first-order chi connectivity index (χ1) is 11.5.